The number of carbonyl (C=O) groups excluding carboxylic acids is 2. The van der Waals surface area contributed by atoms with E-state index in [1.807, 2.05) is 25.1 Å². The summed E-state index contributed by atoms with van der Waals surface area (Å²) in [6.07, 6.45) is 0. The fourth-order valence-electron chi connectivity index (χ4n) is 2.92. The van der Waals surface area contributed by atoms with E-state index in [-0.39, 0.29) is 16.2 Å². The van der Waals surface area contributed by atoms with Crippen molar-refractivity contribution in [1.82, 2.24) is 0 Å². The van der Waals surface area contributed by atoms with E-state index in [1.165, 1.54) is 25.1 Å². The average molecular weight is 423 g/mol. The number of Topliss-reactive ketones (excluding diaryl/α,β-unsaturated/α-hetero) is 1. The van der Waals surface area contributed by atoms with Crippen LogP contribution in [0.3, 0.4) is 0 Å². The quantitative estimate of drug-likeness (QED) is 0.570. The van der Waals surface area contributed by atoms with Gasteiger partial charge in [-0.25, -0.2) is 8.42 Å². The van der Waals surface area contributed by atoms with E-state index in [0.717, 1.165) is 5.56 Å². The second-order valence-corrected chi connectivity index (χ2v) is 8.64. The Morgan fingerprint density at radius 3 is 2.07 bits per heavy atom. The summed E-state index contributed by atoms with van der Waals surface area (Å²) in [6.45, 7) is 4.98. The number of carbonyl (C=O) groups is 2. The average Bonchev–Trinajstić information content (AvgIpc) is 2.70. The Hall–Kier alpha value is -3.45. The number of sulfonamides is 1. The van der Waals surface area contributed by atoms with Gasteiger partial charge in [0, 0.05) is 22.5 Å². The van der Waals surface area contributed by atoms with Crippen LogP contribution < -0.4 is 10.0 Å². The second-order valence-electron chi connectivity index (χ2n) is 6.99. The first-order valence-electron chi connectivity index (χ1n) is 9.29. The van der Waals surface area contributed by atoms with Crippen molar-refractivity contribution in [2.24, 2.45) is 0 Å². The maximum absolute atomic E-state index is 12.9. The number of hydrogen-bond donors (Lipinski definition) is 2. The molecule has 0 saturated carbocycles. The van der Waals surface area contributed by atoms with Crippen LogP contribution in [0, 0.1) is 13.8 Å². The molecule has 0 unspecified atom stereocenters. The first kappa shape index (κ1) is 21.3. The summed E-state index contributed by atoms with van der Waals surface area (Å²) < 4.78 is 28.3. The summed E-state index contributed by atoms with van der Waals surface area (Å²) in [7, 11) is -3.93. The number of aryl methyl sites for hydroxylation is 2. The molecule has 30 heavy (non-hydrogen) atoms. The normalized spacial score (nSPS) is 11.0. The van der Waals surface area contributed by atoms with Crippen LogP contribution in [-0.4, -0.2) is 20.1 Å². The highest BCUT2D eigenvalue weighted by molar-refractivity contribution is 7.92. The van der Waals surface area contributed by atoms with Gasteiger partial charge in [0.25, 0.3) is 15.9 Å². The van der Waals surface area contributed by atoms with Crippen molar-refractivity contribution in [1.29, 1.82) is 0 Å². The van der Waals surface area contributed by atoms with E-state index in [1.54, 1.807) is 37.3 Å². The third kappa shape index (κ3) is 4.75. The standard InChI is InChI=1S/C23H22N2O4S/c1-15-6-4-5-7-21(15)24-23(27)19-9-8-16(2)22(14-19)30(28,29)25-20-12-10-18(11-13-20)17(3)26/h4-14,25H,1-3H3,(H,24,27). The van der Waals surface area contributed by atoms with Crippen molar-refractivity contribution in [3.63, 3.8) is 0 Å². The SMILES string of the molecule is CC(=O)c1ccc(NS(=O)(=O)c2cc(C(=O)Nc3ccccc3C)ccc2C)cc1. The van der Waals surface area contributed by atoms with Gasteiger partial charge < -0.3 is 5.32 Å². The van der Waals surface area contributed by atoms with Crippen molar-refractivity contribution in [2.45, 2.75) is 25.7 Å². The van der Waals surface area contributed by atoms with Crippen LogP contribution in [0.25, 0.3) is 0 Å². The Kier molecular flexibility index (Phi) is 6.03. The van der Waals surface area contributed by atoms with Crippen molar-refractivity contribution in [2.75, 3.05) is 10.0 Å². The number of benzene rings is 3. The molecule has 3 aromatic carbocycles. The Balaban J connectivity index is 1.87. The molecule has 0 aromatic heterocycles. The molecule has 6 nitrogen and oxygen atoms in total. The Labute approximate surface area is 176 Å². The molecule has 2 N–H and O–H groups in total. The minimum Gasteiger partial charge on any atom is -0.322 e. The predicted octanol–water partition coefficient (Wildman–Crippen LogP) is 4.56. The van der Waals surface area contributed by atoms with Gasteiger partial charge in [-0.2, -0.15) is 0 Å². The topological polar surface area (TPSA) is 92.3 Å². The van der Waals surface area contributed by atoms with Gasteiger partial charge >= 0.3 is 0 Å². The molecule has 3 rings (SSSR count). The van der Waals surface area contributed by atoms with Crippen molar-refractivity contribution < 1.29 is 18.0 Å². The smallest absolute Gasteiger partial charge is 0.262 e. The first-order chi connectivity index (χ1) is 14.2. The zero-order valence-corrected chi connectivity index (χ0v) is 17.7. The highest BCUT2D eigenvalue weighted by Gasteiger charge is 2.20. The number of hydrogen-bond acceptors (Lipinski definition) is 4. The summed E-state index contributed by atoms with van der Waals surface area (Å²) in [4.78, 5) is 24.1. The summed E-state index contributed by atoms with van der Waals surface area (Å²) in [6, 6.07) is 18.0. The van der Waals surface area contributed by atoms with Crippen molar-refractivity contribution in [3.8, 4) is 0 Å². The lowest BCUT2D eigenvalue weighted by atomic mass is 10.1. The van der Waals surface area contributed by atoms with Crippen LogP contribution in [0.15, 0.2) is 71.6 Å². The molecule has 154 valence electrons. The van der Waals surface area contributed by atoms with E-state index in [4.69, 9.17) is 0 Å². The predicted molar refractivity (Wildman–Crippen MR) is 118 cm³/mol. The molecule has 0 heterocycles. The monoisotopic (exact) mass is 422 g/mol. The Morgan fingerprint density at radius 2 is 1.43 bits per heavy atom. The fraction of sp³-hybridized carbons (Fsp3) is 0.130. The number of nitrogens with one attached hydrogen (secondary N) is 2. The lowest BCUT2D eigenvalue weighted by Crippen LogP contribution is -2.17. The first-order valence-corrected chi connectivity index (χ1v) is 10.8. The summed E-state index contributed by atoms with van der Waals surface area (Å²) in [5.74, 6) is -0.501. The lowest BCUT2D eigenvalue weighted by molar-refractivity contribution is 0.101. The van der Waals surface area contributed by atoms with Crippen LogP contribution in [0.4, 0.5) is 11.4 Å². The zero-order chi connectivity index (χ0) is 21.9. The van der Waals surface area contributed by atoms with Gasteiger partial charge in [-0.1, -0.05) is 24.3 Å². The maximum atomic E-state index is 12.9. The number of rotatable bonds is 6. The van der Waals surface area contributed by atoms with E-state index < -0.39 is 15.9 Å². The molecule has 7 heteroatoms. The highest BCUT2D eigenvalue weighted by Crippen LogP contribution is 2.22. The summed E-state index contributed by atoms with van der Waals surface area (Å²) in [5, 5.41) is 2.81. The Morgan fingerprint density at radius 1 is 0.800 bits per heavy atom. The van der Waals surface area contributed by atoms with Crippen molar-refractivity contribution >= 4 is 33.1 Å². The van der Waals surface area contributed by atoms with Gasteiger partial charge in [-0.15, -0.1) is 0 Å². The molecule has 3 aromatic rings. The number of para-hydroxylation sites is 1. The third-order valence-electron chi connectivity index (χ3n) is 4.68. The molecule has 0 aliphatic heterocycles. The van der Waals surface area contributed by atoms with Gasteiger partial charge in [0.1, 0.15) is 0 Å². The van der Waals surface area contributed by atoms with Crippen LogP contribution in [0.2, 0.25) is 0 Å². The molecular weight excluding hydrogens is 400 g/mol. The van der Waals surface area contributed by atoms with Crippen molar-refractivity contribution in [3.05, 3.63) is 89.0 Å². The Bertz CT molecular complexity index is 1220. The van der Waals surface area contributed by atoms with E-state index in [0.29, 0.717) is 22.5 Å². The summed E-state index contributed by atoms with van der Waals surface area (Å²) >= 11 is 0. The largest absolute Gasteiger partial charge is 0.322 e. The molecule has 0 atom stereocenters. The van der Waals surface area contributed by atoms with Crippen LogP contribution in [0.5, 0.6) is 0 Å². The molecule has 0 bridgehead atoms. The van der Waals surface area contributed by atoms with Gasteiger partial charge in [-0.3, -0.25) is 14.3 Å². The molecule has 0 aliphatic rings. The number of anilines is 2. The number of amides is 1. The maximum Gasteiger partial charge on any atom is 0.262 e. The van der Waals surface area contributed by atoms with Gasteiger partial charge in [0.15, 0.2) is 5.78 Å². The van der Waals surface area contributed by atoms with Gasteiger partial charge in [0.05, 0.1) is 4.90 Å². The van der Waals surface area contributed by atoms with E-state index in [2.05, 4.69) is 10.0 Å². The van der Waals surface area contributed by atoms with E-state index in [9.17, 15) is 18.0 Å². The third-order valence-corrected chi connectivity index (χ3v) is 6.20. The van der Waals surface area contributed by atoms with Gasteiger partial charge in [0.2, 0.25) is 0 Å². The molecule has 0 spiro atoms. The lowest BCUT2D eigenvalue weighted by Gasteiger charge is -2.13. The zero-order valence-electron chi connectivity index (χ0n) is 16.9. The minimum atomic E-state index is -3.93. The molecule has 0 radical (unpaired) electrons. The second kappa shape index (κ2) is 8.51. The fourth-order valence-corrected chi connectivity index (χ4v) is 4.25. The number of ketones is 1. The molecular formula is C23H22N2O4S. The van der Waals surface area contributed by atoms with Crippen LogP contribution in [0.1, 0.15) is 38.8 Å². The molecule has 0 fully saturated rings. The van der Waals surface area contributed by atoms with Gasteiger partial charge in [-0.05, 0) is 74.4 Å². The summed E-state index contributed by atoms with van der Waals surface area (Å²) in [5.41, 5.74) is 3.13. The molecule has 1 amide bonds. The van der Waals surface area contributed by atoms with Crippen LogP contribution >= 0.6 is 0 Å². The van der Waals surface area contributed by atoms with E-state index >= 15 is 0 Å². The van der Waals surface area contributed by atoms with Crippen LogP contribution in [-0.2, 0) is 10.0 Å². The molecule has 0 aliphatic carbocycles. The highest BCUT2D eigenvalue weighted by atomic mass is 32.2. The molecule has 0 saturated heterocycles. The minimum absolute atomic E-state index is 0.00979.